The molecular weight excluding hydrogens is 249 g/mol. The SMILES string of the molecule is CC[C@H](C(=O)O)C(=O)c1cccc(C(F)(F)F)c1. The Hall–Kier alpha value is -1.85. The molecule has 0 unspecified atom stereocenters. The number of carboxylic acids is 1. The van der Waals surface area contributed by atoms with Crippen LogP contribution in [0.25, 0.3) is 0 Å². The maximum absolute atomic E-state index is 12.4. The number of benzene rings is 1. The standard InChI is InChI=1S/C12H11F3O3/c1-2-9(11(17)18)10(16)7-4-3-5-8(6-7)12(13,14)15/h3-6,9H,2H2,1H3,(H,17,18)/t9-/m0/s1. The maximum atomic E-state index is 12.4. The molecule has 6 heteroatoms. The summed E-state index contributed by atoms with van der Waals surface area (Å²) < 4.78 is 37.3. The Bertz CT molecular complexity index is 466. The fourth-order valence-corrected chi connectivity index (χ4v) is 1.52. The molecule has 1 atom stereocenters. The van der Waals surface area contributed by atoms with Crippen molar-refractivity contribution in [2.24, 2.45) is 5.92 Å². The average Bonchev–Trinajstić information content (AvgIpc) is 2.28. The van der Waals surface area contributed by atoms with E-state index in [1.807, 2.05) is 0 Å². The van der Waals surface area contributed by atoms with Crippen LogP contribution in [0.3, 0.4) is 0 Å². The number of rotatable bonds is 4. The Balaban J connectivity index is 3.11. The number of halogens is 3. The largest absolute Gasteiger partial charge is 0.481 e. The lowest BCUT2D eigenvalue weighted by Crippen LogP contribution is -2.23. The third-order valence-electron chi connectivity index (χ3n) is 2.50. The topological polar surface area (TPSA) is 54.4 Å². The van der Waals surface area contributed by atoms with E-state index in [9.17, 15) is 22.8 Å². The molecule has 0 aromatic heterocycles. The van der Waals surface area contributed by atoms with Gasteiger partial charge in [-0.3, -0.25) is 9.59 Å². The average molecular weight is 260 g/mol. The van der Waals surface area contributed by atoms with E-state index in [-0.39, 0.29) is 12.0 Å². The smallest absolute Gasteiger partial charge is 0.416 e. The quantitative estimate of drug-likeness (QED) is 0.668. The summed E-state index contributed by atoms with van der Waals surface area (Å²) in [4.78, 5) is 22.5. The summed E-state index contributed by atoms with van der Waals surface area (Å²) in [7, 11) is 0. The van der Waals surface area contributed by atoms with Crippen molar-refractivity contribution in [3.63, 3.8) is 0 Å². The summed E-state index contributed by atoms with van der Waals surface area (Å²) >= 11 is 0. The van der Waals surface area contributed by atoms with E-state index in [2.05, 4.69) is 0 Å². The second kappa shape index (κ2) is 5.20. The van der Waals surface area contributed by atoms with Gasteiger partial charge in [0, 0.05) is 5.56 Å². The number of aliphatic carboxylic acids is 1. The van der Waals surface area contributed by atoms with Crippen molar-refractivity contribution in [1.82, 2.24) is 0 Å². The van der Waals surface area contributed by atoms with Crippen LogP contribution < -0.4 is 0 Å². The van der Waals surface area contributed by atoms with Gasteiger partial charge in [0.25, 0.3) is 0 Å². The summed E-state index contributed by atoms with van der Waals surface area (Å²) in [5.74, 6) is -3.45. The molecule has 0 aliphatic carbocycles. The Kier molecular flexibility index (Phi) is 4.11. The first-order valence-corrected chi connectivity index (χ1v) is 5.21. The zero-order valence-corrected chi connectivity index (χ0v) is 9.49. The van der Waals surface area contributed by atoms with Gasteiger partial charge < -0.3 is 5.11 Å². The highest BCUT2D eigenvalue weighted by Crippen LogP contribution is 2.30. The zero-order chi connectivity index (χ0) is 13.9. The third-order valence-corrected chi connectivity index (χ3v) is 2.50. The molecule has 0 heterocycles. The Morgan fingerprint density at radius 3 is 2.39 bits per heavy atom. The van der Waals surface area contributed by atoms with Crippen molar-refractivity contribution < 1.29 is 27.9 Å². The molecule has 0 bridgehead atoms. The molecule has 1 rings (SSSR count). The van der Waals surface area contributed by atoms with Crippen LogP contribution in [0.15, 0.2) is 24.3 Å². The van der Waals surface area contributed by atoms with Crippen LogP contribution in [0, 0.1) is 5.92 Å². The molecule has 0 saturated carbocycles. The second-order valence-corrected chi connectivity index (χ2v) is 3.74. The highest BCUT2D eigenvalue weighted by Gasteiger charge is 2.32. The number of carboxylic acid groups (broad SMARTS) is 1. The molecule has 0 amide bonds. The molecule has 3 nitrogen and oxygen atoms in total. The molecule has 0 fully saturated rings. The van der Waals surface area contributed by atoms with E-state index in [0.717, 1.165) is 12.1 Å². The molecule has 0 aliphatic rings. The zero-order valence-electron chi connectivity index (χ0n) is 9.49. The van der Waals surface area contributed by atoms with Gasteiger partial charge in [-0.1, -0.05) is 19.1 Å². The Morgan fingerprint density at radius 1 is 1.33 bits per heavy atom. The summed E-state index contributed by atoms with van der Waals surface area (Å²) in [6.45, 7) is 1.49. The van der Waals surface area contributed by atoms with Crippen LogP contribution in [0.5, 0.6) is 0 Å². The van der Waals surface area contributed by atoms with Crippen LogP contribution in [0.2, 0.25) is 0 Å². The van der Waals surface area contributed by atoms with Crippen molar-refractivity contribution in [2.45, 2.75) is 19.5 Å². The summed E-state index contributed by atoms with van der Waals surface area (Å²) in [6, 6.07) is 3.78. The lowest BCUT2D eigenvalue weighted by Gasteiger charge is -2.11. The van der Waals surface area contributed by atoms with Crippen LogP contribution >= 0.6 is 0 Å². The molecule has 18 heavy (non-hydrogen) atoms. The number of hydrogen-bond acceptors (Lipinski definition) is 2. The normalized spacial score (nSPS) is 13.1. The van der Waals surface area contributed by atoms with Gasteiger partial charge in [0.05, 0.1) is 5.56 Å². The minimum Gasteiger partial charge on any atom is -0.481 e. The molecule has 0 spiro atoms. The monoisotopic (exact) mass is 260 g/mol. The number of carbonyl (C=O) groups is 2. The molecule has 98 valence electrons. The van der Waals surface area contributed by atoms with E-state index in [1.54, 1.807) is 0 Å². The van der Waals surface area contributed by atoms with Gasteiger partial charge in [-0.2, -0.15) is 13.2 Å². The van der Waals surface area contributed by atoms with Crippen LogP contribution in [0.4, 0.5) is 13.2 Å². The molecule has 0 saturated heterocycles. The number of carbonyl (C=O) groups excluding carboxylic acids is 1. The summed E-state index contributed by atoms with van der Waals surface area (Å²) in [5.41, 5.74) is -1.20. The second-order valence-electron chi connectivity index (χ2n) is 3.74. The van der Waals surface area contributed by atoms with Crippen LogP contribution in [-0.2, 0) is 11.0 Å². The number of alkyl halides is 3. The maximum Gasteiger partial charge on any atom is 0.416 e. The first-order chi connectivity index (χ1) is 8.27. The lowest BCUT2D eigenvalue weighted by atomic mass is 9.94. The van der Waals surface area contributed by atoms with Gasteiger partial charge in [-0.15, -0.1) is 0 Å². The minimum absolute atomic E-state index is 0.0322. The van der Waals surface area contributed by atoms with Crippen molar-refractivity contribution in [1.29, 1.82) is 0 Å². The van der Waals surface area contributed by atoms with Gasteiger partial charge in [0.1, 0.15) is 5.92 Å². The van der Waals surface area contributed by atoms with Crippen molar-refractivity contribution >= 4 is 11.8 Å². The molecule has 1 N–H and O–H groups in total. The van der Waals surface area contributed by atoms with E-state index in [1.165, 1.54) is 13.0 Å². The van der Waals surface area contributed by atoms with Crippen molar-refractivity contribution in [2.75, 3.05) is 0 Å². The molecule has 1 aromatic carbocycles. The van der Waals surface area contributed by atoms with Crippen molar-refractivity contribution in [3.05, 3.63) is 35.4 Å². The Morgan fingerprint density at radius 2 is 1.94 bits per heavy atom. The third kappa shape index (κ3) is 3.09. The van der Waals surface area contributed by atoms with Gasteiger partial charge in [0.15, 0.2) is 5.78 Å². The first kappa shape index (κ1) is 14.2. The highest BCUT2D eigenvalue weighted by molar-refractivity contribution is 6.08. The van der Waals surface area contributed by atoms with E-state index >= 15 is 0 Å². The van der Waals surface area contributed by atoms with E-state index in [0.29, 0.717) is 6.07 Å². The van der Waals surface area contributed by atoms with E-state index in [4.69, 9.17) is 5.11 Å². The van der Waals surface area contributed by atoms with E-state index < -0.39 is 29.4 Å². The lowest BCUT2D eigenvalue weighted by molar-refractivity contribution is -0.140. The fraction of sp³-hybridized carbons (Fsp3) is 0.333. The summed E-state index contributed by atoms with van der Waals surface area (Å²) in [5, 5.41) is 8.79. The fourth-order valence-electron chi connectivity index (χ4n) is 1.52. The Labute approximate surface area is 101 Å². The summed E-state index contributed by atoms with van der Waals surface area (Å²) in [6.07, 6.45) is -4.52. The molecule has 0 radical (unpaired) electrons. The molecule has 0 aliphatic heterocycles. The van der Waals surface area contributed by atoms with Crippen LogP contribution in [-0.4, -0.2) is 16.9 Å². The minimum atomic E-state index is -4.55. The number of ketones is 1. The van der Waals surface area contributed by atoms with Gasteiger partial charge in [-0.25, -0.2) is 0 Å². The number of hydrogen-bond donors (Lipinski definition) is 1. The highest BCUT2D eigenvalue weighted by atomic mass is 19.4. The van der Waals surface area contributed by atoms with Gasteiger partial charge >= 0.3 is 12.1 Å². The van der Waals surface area contributed by atoms with Gasteiger partial charge in [-0.05, 0) is 18.6 Å². The first-order valence-electron chi connectivity index (χ1n) is 5.21. The van der Waals surface area contributed by atoms with Gasteiger partial charge in [0.2, 0.25) is 0 Å². The molecule has 1 aromatic rings. The molecular formula is C12H11F3O3. The number of Topliss-reactive ketones (excluding diaryl/α,β-unsaturated/α-hetero) is 1. The van der Waals surface area contributed by atoms with Crippen LogP contribution in [0.1, 0.15) is 29.3 Å². The van der Waals surface area contributed by atoms with Crippen molar-refractivity contribution in [3.8, 4) is 0 Å². The predicted molar refractivity (Wildman–Crippen MR) is 57.2 cm³/mol. The predicted octanol–water partition coefficient (Wildman–Crippen LogP) is 3.00.